The number of rotatable bonds is 5. The fourth-order valence-electron chi connectivity index (χ4n) is 8.58. The Morgan fingerprint density at radius 2 is 0.862 bits per heavy atom. The van der Waals surface area contributed by atoms with Crippen molar-refractivity contribution in [2.75, 3.05) is 0 Å². The Labute approximate surface area is 332 Å². The third kappa shape index (κ3) is 5.05. The van der Waals surface area contributed by atoms with Crippen LogP contribution in [-0.2, 0) is 0 Å². The molecule has 6 nitrogen and oxygen atoms in total. The van der Waals surface area contributed by atoms with Crippen LogP contribution in [0.1, 0.15) is 0 Å². The molecule has 3 heterocycles. The second-order valence-electron chi connectivity index (χ2n) is 14.6. The van der Waals surface area contributed by atoms with Gasteiger partial charge in [0.25, 0.3) is 0 Å². The highest BCUT2D eigenvalue weighted by Gasteiger charge is 2.21. The largest absolute Gasteiger partial charge is 0.456 e. The summed E-state index contributed by atoms with van der Waals surface area (Å²) in [5.41, 5.74) is 8.07. The van der Waals surface area contributed by atoms with Gasteiger partial charge in [0.2, 0.25) is 0 Å². The molecular formula is C52H31N5O. The van der Waals surface area contributed by atoms with Gasteiger partial charge in [-0.3, -0.25) is 4.57 Å². The summed E-state index contributed by atoms with van der Waals surface area (Å²) in [5, 5.41) is 9.32. The van der Waals surface area contributed by atoms with E-state index in [1.807, 2.05) is 48.5 Å². The van der Waals surface area contributed by atoms with Gasteiger partial charge in [0.1, 0.15) is 17.0 Å². The van der Waals surface area contributed by atoms with Gasteiger partial charge in [-0.15, -0.1) is 0 Å². The average Bonchev–Trinajstić information content (AvgIpc) is 3.88. The van der Waals surface area contributed by atoms with Gasteiger partial charge in [0.05, 0.1) is 11.0 Å². The fourth-order valence-corrected chi connectivity index (χ4v) is 8.58. The minimum absolute atomic E-state index is 0.551. The number of hydrogen-bond acceptors (Lipinski definition) is 5. The molecule has 9 aromatic carbocycles. The van der Waals surface area contributed by atoms with Crippen LogP contribution in [0.4, 0.5) is 0 Å². The van der Waals surface area contributed by atoms with Crippen molar-refractivity contribution in [3.05, 3.63) is 188 Å². The second kappa shape index (κ2) is 12.8. The summed E-state index contributed by atoms with van der Waals surface area (Å²) in [7, 11) is 0. The Morgan fingerprint density at radius 3 is 1.60 bits per heavy atom. The van der Waals surface area contributed by atoms with Gasteiger partial charge in [-0.1, -0.05) is 140 Å². The summed E-state index contributed by atoms with van der Waals surface area (Å²) in [6, 6.07) is 65.0. The van der Waals surface area contributed by atoms with E-state index in [-0.39, 0.29) is 0 Å². The first-order valence-corrected chi connectivity index (χ1v) is 19.4. The molecule has 0 aliphatic rings. The highest BCUT2D eigenvalue weighted by atomic mass is 16.3. The maximum Gasteiger partial charge on any atom is 0.164 e. The number of hydrogen-bond donors (Lipinski definition) is 0. The van der Waals surface area contributed by atoms with Gasteiger partial charge in [-0.2, -0.15) is 0 Å². The number of nitrogens with zero attached hydrogens (tertiary/aromatic N) is 5. The summed E-state index contributed by atoms with van der Waals surface area (Å²) < 4.78 is 8.56. The zero-order chi connectivity index (χ0) is 38.2. The lowest BCUT2D eigenvalue weighted by Crippen LogP contribution is -2.03. The number of benzene rings is 9. The van der Waals surface area contributed by atoms with Gasteiger partial charge in [-0.05, 0) is 80.8 Å². The van der Waals surface area contributed by atoms with Crippen molar-refractivity contribution < 1.29 is 4.42 Å². The topological polar surface area (TPSA) is 69.6 Å². The molecule has 0 saturated carbocycles. The van der Waals surface area contributed by atoms with E-state index in [0.717, 1.165) is 72.1 Å². The molecule has 0 unspecified atom stereocenters. The Bertz CT molecular complexity index is 3550. The van der Waals surface area contributed by atoms with Crippen molar-refractivity contribution in [2.45, 2.75) is 0 Å². The van der Waals surface area contributed by atoms with E-state index in [9.17, 15) is 0 Å². The highest BCUT2D eigenvalue weighted by molar-refractivity contribution is 6.25. The van der Waals surface area contributed by atoms with Gasteiger partial charge < -0.3 is 4.42 Å². The molecule has 0 N–H and O–H groups in total. The van der Waals surface area contributed by atoms with Crippen LogP contribution in [0, 0.1) is 0 Å². The van der Waals surface area contributed by atoms with Gasteiger partial charge >= 0.3 is 0 Å². The van der Waals surface area contributed by atoms with E-state index < -0.39 is 0 Å². The molecule has 12 aromatic rings. The minimum atomic E-state index is 0.551. The number of imidazole rings is 1. The molecule has 0 spiro atoms. The molecular weight excluding hydrogens is 711 g/mol. The van der Waals surface area contributed by atoms with Gasteiger partial charge in [0, 0.05) is 38.7 Å². The lowest BCUT2D eigenvalue weighted by Gasteiger charge is -2.14. The Hall–Kier alpha value is -7.96. The van der Waals surface area contributed by atoms with Gasteiger partial charge in [0.15, 0.2) is 17.5 Å². The van der Waals surface area contributed by atoms with Crippen molar-refractivity contribution >= 4 is 65.3 Å². The first-order valence-electron chi connectivity index (χ1n) is 19.4. The molecule has 0 aliphatic carbocycles. The Morgan fingerprint density at radius 1 is 0.345 bits per heavy atom. The van der Waals surface area contributed by atoms with Crippen LogP contribution < -0.4 is 0 Å². The second-order valence-corrected chi connectivity index (χ2v) is 14.6. The number of aromatic nitrogens is 5. The molecule has 0 saturated heterocycles. The number of fused-ring (bicyclic) bond motifs is 10. The maximum atomic E-state index is 6.35. The molecule has 0 fully saturated rings. The Kier molecular flexibility index (Phi) is 7.13. The lowest BCUT2D eigenvalue weighted by atomic mass is 9.93. The van der Waals surface area contributed by atoms with E-state index >= 15 is 0 Å². The zero-order valence-electron chi connectivity index (χ0n) is 31.0. The first-order chi connectivity index (χ1) is 28.7. The monoisotopic (exact) mass is 741 g/mol. The van der Waals surface area contributed by atoms with Crippen LogP contribution in [-0.4, -0.2) is 24.5 Å². The third-order valence-corrected chi connectivity index (χ3v) is 11.3. The molecule has 0 amide bonds. The predicted octanol–water partition coefficient (Wildman–Crippen LogP) is 13.2. The smallest absolute Gasteiger partial charge is 0.164 e. The summed E-state index contributed by atoms with van der Waals surface area (Å²) >= 11 is 0. The molecule has 12 rings (SSSR count). The van der Waals surface area contributed by atoms with Crippen LogP contribution >= 0.6 is 0 Å². The minimum Gasteiger partial charge on any atom is -0.456 e. The van der Waals surface area contributed by atoms with Crippen LogP contribution in [0.3, 0.4) is 0 Å². The van der Waals surface area contributed by atoms with Crippen molar-refractivity contribution in [2.24, 2.45) is 0 Å². The third-order valence-electron chi connectivity index (χ3n) is 11.3. The van der Waals surface area contributed by atoms with E-state index in [4.69, 9.17) is 24.4 Å². The van der Waals surface area contributed by atoms with Crippen LogP contribution in [0.5, 0.6) is 0 Å². The van der Waals surface area contributed by atoms with Crippen molar-refractivity contribution in [1.82, 2.24) is 24.5 Å². The van der Waals surface area contributed by atoms with Gasteiger partial charge in [-0.25, -0.2) is 19.9 Å². The number of furan rings is 1. The van der Waals surface area contributed by atoms with Crippen LogP contribution in [0.2, 0.25) is 0 Å². The summed E-state index contributed by atoms with van der Waals surface area (Å²) in [5.74, 6) is 2.49. The van der Waals surface area contributed by atoms with E-state index in [2.05, 4.69) is 144 Å². The summed E-state index contributed by atoms with van der Waals surface area (Å²) in [6.45, 7) is 0. The average molecular weight is 742 g/mol. The summed E-state index contributed by atoms with van der Waals surface area (Å²) in [6.07, 6.45) is 0. The molecule has 0 atom stereocenters. The van der Waals surface area contributed by atoms with Crippen molar-refractivity contribution in [3.63, 3.8) is 0 Å². The molecule has 58 heavy (non-hydrogen) atoms. The number of para-hydroxylation sites is 4. The van der Waals surface area contributed by atoms with E-state index in [1.165, 1.54) is 26.9 Å². The maximum absolute atomic E-state index is 6.35. The quantitative estimate of drug-likeness (QED) is 0.164. The fraction of sp³-hybridized carbons (Fsp3) is 0. The summed E-state index contributed by atoms with van der Waals surface area (Å²) in [4.78, 5) is 21.0. The highest BCUT2D eigenvalue weighted by Crippen LogP contribution is 2.39. The standard InChI is InChI=1S/C52H31N5O/c1-2-14-34(15-3-1)57-46-24-12-11-23-45(46)53-52(57)43-22-9-8-21-42(43)51-55-49(54-50(56-51)33-27-29-41-40-20-10-13-25-47(40)58-48(41)31-33)32-26-28-39-37-18-5-4-16-35(37)36-17-6-7-19-38(36)44(39)30-32/h1-31H. The Balaban J connectivity index is 1.11. The lowest BCUT2D eigenvalue weighted by molar-refractivity contribution is 0.669. The molecule has 270 valence electrons. The molecule has 0 radical (unpaired) electrons. The van der Waals surface area contributed by atoms with Crippen LogP contribution in [0.25, 0.3) is 117 Å². The van der Waals surface area contributed by atoms with Crippen molar-refractivity contribution in [1.29, 1.82) is 0 Å². The SMILES string of the molecule is c1ccc(-n2c(-c3ccccc3-c3nc(-c4ccc5c(c4)oc4ccccc45)nc(-c4ccc5c6ccccc6c6ccccc6c5c4)n3)nc3ccccc32)cc1. The first kappa shape index (κ1) is 32.3. The normalized spacial score (nSPS) is 11.8. The van der Waals surface area contributed by atoms with Crippen molar-refractivity contribution in [3.8, 4) is 51.2 Å². The molecule has 0 aliphatic heterocycles. The molecule has 6 heteroatoms. The van der Waals surface area contributed by atoms with E-state index in [1.54, 1.807) is 0 Å². The van der Waals surface area contributed by atoms with E-state index in [0.29, 0.717) is 17.5 Å². The van der Waals surface area contributed by atoms with Crippen LogP contribution in [0.15, 0.2) is 192 Å². The zero-order valence-corrected chi connectivity index (χ0v) is 31.0. The molecule has 3 aromatic heterocycles. The molecule has 0 bridgehead atoms. The predicted molar refractivity (Wildman–Crippen MR) is 236 cm³/mol.